The molecule has 0 N–H and O–H groups in total. The predicted octanol–water partition coefficient (Wildman–Crippen LogP) is 5.82. The molecule has 1 saturated heterocycles. The molecule has 1 fully saturated rings. The van der Waals surface area contributed by atoms with E-state index >= 15 is 0 Å². The smallest absolute Gasteiger partial charge is 0.101 e. The third-order valence-electron chi connectivity index (χ3n) is 5.58. The predicted molar refractivity (Wildman–Crippen MR) is 125 cm³/mol. The Balaban J connectivity index is 1.33. The molecule has 0 aromatic carbocycles. The molecular weight excluding hydrogens is 416 g/mol. The fourth-order valence-corrected chi connectivity index (χ4v) is 6.18. The van der Waals surface area contributed by atoms with E-state index in [-0.39, 0.29) is 16.9 Å². The van der Waals surface area contributed by atoms with Crippen LogP contribution in [0.4, 0.5) is 0 Å². The summed E-state index contributed by atoms with van der Waals surface area (Å²) in [4.78, 5) is 5.39. The minimum absolute atomic E-state index is 0.00426. The molecule has 3 rings (SSSR count). The Labute approximate surface area is 189 Å². The van der Waals surface area contributed by atoms with Gasteiger partial charge in [0.15, 0.2) is 0 Å². The Bertz CT molecular complexity index is 786. The molecule has 168 valence electrons. The lowest BCUT2D eigenvalue weighted by atomic mass is 9.80. The maximum Gasteiger partial charge on any atom is 0.101 e. The molecule has 2 aromatic rings. The van der Waals surface area contributed by atoms with E-state index in [1.807, 2.05) is 22.7 Å². The van der Waals surface area contributed by atoms with Crippen LogP contribution in [0, 0.1) is 24.7 Å². The van der Waals surface area contributed by atoms with Gasteiger partial charge in [0, 0.05) is 50.7 Å². The number of thiophene rings is 2. The Morgan fingerprint density at radius 1 is 1.07 bits per heavy atom. The largest absolute Gasteiger partial charge is 0.384 e. The normalized spacial score (nSPS) is 23.3. The van der Waals surface area contributed by atoms with Gasteiger partial charge in [0.1, 0.15) is 6.10 Å². The molecular formula is C24H36O4S2. The van der Waals surface area contributed by atoms with Gasteiger partial charge >= 0.3 is 0 Å². The van der Waals surface area contributed by atoms with Gasteiger partial charge in [-0.05, 0) is 51.0 Å². The van der Waals surface area contributed by atoms with E-state index in [0.29, 0.717) is 19.8 Å². The van der Waals surface area contributed by atoms with E-state index in [4.69, 9.17) is 18.9 Å². The summed E-state index contributed by atoms with van der Waals surface area (Å²) >= 11 is 3.68. The van der Waals surface area contributed by atoms with Crippen LogP contribution in [0.5, 0.6) is 0 Å². The highest BCUT2D eigenvalue weighted by Gasteiger charge is 2.46. The van der Waals surface area contributed by atoms with Crippen LogP contribution < -0.4 is 0 Å². The van der Waals surface area contributed by atoms with Crippen molar-refractivity contribution in [2.24, 2.45) is 10.8 Å². The topological polar surface area (TPSA) is 36.9 Å². The van der Waals surface area contributed by atoms with Crippen molar-refractivity contribution in [3.63, 3.8) is 0 Å². The standard InChI is InChI=1S/C24H36O4S2/c1-18-7-9-20(29-18)13-23(3,14-25-5)15-26-11-6-12-27-16-24(4)17-28-22(24)21-10-8-19(2)30-21/h7-10,22H,6,11-17H2,1-5H3. The maximum atomic E-state index is 6.02. The third-order valence-corrected chi connectivity index (χ3v) is 7.63. The molecule has 2 aromatic heterocycles. The SMILES string of the molecule is COCC(C)(COCCCOCC1(C)COC1c1ccc(C)s1)Cc1ccc(C)s1. The Morgan fingerprint density at radius 2 is 1.80 bits per heavy atom. The van der Waals surface area contributed by atoms with Gasteiger partial charge in [-0.3, -0.25) is 0 Å². The van der Waals surface area contributed by atoms with Gasteiger partial charge < -0.3 is 18.9 Å². The molecule has 4 nitrogen and oxygen atoms in total. The van der Waals surface area contributed by atoms with Gasteiger partial charge in [0.05, 0.1) is 26.4 Å². The lowest BCUT2D eigenvalue weighted by Crippen LogP contribution is -2.46. The zero-order valence-corrected chi connectivity index (χ0v) is 20.6. The first-order valence-corrected chi connectivity index (χ1v) is 12.3. The zero-order chi connectivity index (χ0) is 21.6. The molecule has 0 bridgehead atoms. The second kappa shape index (κ2) is 10.7. The van der Waals surface area contributed by atoms with Gasteiger partial charge in [0.2, 0.25) is 0 Å². The summed E-state index contributed by atoms with van der Waals surface area (Å²) in [5.74, 6) is 0. The van der Waals surface area contributed by atoms with Crippen LogP contribution in [-0.2, 0) is 25.4 Å². The zero-order valence-electron chi connectivity index (χ0n) is 19.0. The first-order chi connectivity index (χ1) is 14.3. The third kappa shape index (κ3) is 6.38. The lowest BCUT2D eigenvalue weighted by molar-refractivity contribution is -0.205. The molecule has 3 heterocycles. The van der Waals surface area contributed by atoms with Crippen LogP contribution in [-0.4, -0.2) is 46.8 Å². The van der Waals surface area contributed by atoms with Crippen LogP contribution in [0.15, 0.2) is 24.3 Å². The number of ether oxygens (including phenoxy) is 4. The fourth-order valence-electron chi connectivity index (χ4n) is 3.97. The highest BCUT2D eigenvalue weighted by Crippen LogP contribution is 2.48. The van der Waals surface area contributed by atoms with Gasteiger partial charge in [-0.25, -0.2) is 0 Å². The fraction of sp³-hybridized carbons (Fsp3) is 0.667. The van der Waals surface area contributed by atoms with Crippen LogP contribution >= 0.6 is 22.7 Å². The average Bonchev–Trinajstić information content (AvgIpc) is 3.28. The first kappa shape index (κ1) is 23.9. The molecule has 30 heavy (non-hydrogen) atoms. The van der Waals surface area contributed by atoms with Crippen LogP contribution in [0.3, 0.4) is 0 Å². The van der Waals surface area contributed by atoms with Crippen molar-refractivity contribution in [2.75, 3.05) is 46.8 Å². The first-order valence-electron chi connectivity index (χ1n) is 10.7. The van der Waals surface area contributed by atoms with Crippen molar-refractivity contribution in [3.05, 3.63) is 43.8 Å². The van der Waals surface area contributed by atoms with Gasteiger partial charge in [0.25, 0.3) is 0 Å². The minimum atomic E-state index is -0.00426. The van der Waals surface area contributed by atoms with E-state index in [9.17, 15) is 0 Å². The summed E-state index contributed by atoms with van der Waals surface area (Å²) in [6, 6.07) is 8.75. The Morgan fingerprint density at radius 3 is 2.40 bits per heavy atom. The second-order valence-corrected chi connectivity index (χ2v) is 11.9. The molecule has 1 aliphatic heterocycles. The Kier molecular flexibility index (Phi) is 8.53. The molecule has 6 heteroatoms. The number of hydrogen-bond donors (Lipinski definition) is 0. The van der Waals surface area contributed by atoms with Gasteiger partial charge in [-0.15, -0.1) is 22.7 Å². The van der Waals surface area contributed by atoms with E-state index in [2.05, 4.69) is 52.0 Å². The average molecular weight is 453 g/mol. The van der Waals surface area contributed by atoms with Crippen molar-refractivity contribution < 1.29 is 18.9 Å². The van der Waals surface area contributed by atoms with Crippen molar-refractivity contribution in [2.45, 2.75) is 46.6 Å². The van der Waals surface area contributed by atoms with Crippen LogP contribution in [0.1, 0.15) is 45.9 Å². The van der Waals surface area contributed by atoms with Crippen LogP contribution in [0.25, 0.3) is 0 Å². The minimum Gasteiger partial charge on any atom is -0.384 e. The molecule has 0 radical (unpaired) electrons. The van der Waals surface area contributed by atoms with E-state index in [1.165, 1.54) is 19.5 Å². The van der Waals surface area contributed by atoms with Crippen molar-refractivity contribution in [1.29, 1.82) is 0 Å². The number of rotatable bonds is 13. The van der Waals surface area contributed by atoms with Crippen molar-refractivity contribution >= 4 is 22.7 Å². The monoisotopic (exact) mass is 452 g/mol. The molecule has 0 spiro atoms. The molecule has 0 saturated carbocycles. The molecule has 1 aliphatic rings. The summed E-state index contributed by atoms with van der Waals surface area (Å²) in [6.45, 7) is 13.1. The highest BCUT2D eigenvalue weighted by atomic mass is 32.1. The summed E-state index contributed by atoms with van der Waals surface area (Å²) < 4.78 is 23.3. The van der Waals surface area contributed by atoms with E-state index in [0.717, 1.165) is 32.7 Å². The summed E-state index contributed by atoms with van der Waals surface area (Å²) in [7, 11) is 1.77. The molecule has 0 amide bonds. The summed E-state index contributed by atoms with van der Waals surface area (Å²) in [5.41, 5.74) is 0.0731. The van der Waals surface area contributed by atoms with Crippen molar-refractivity contribution in [3.8, 4) is 0 Å². The van der Waals surface area contributed by atoms with Crippen molar-refractivity contribution in [1.82, 2.24) is 0 Å². The second-order valence-electron chi connectivity index (χ2n) is 9.19. The number of hydrogen-bond acceptors (Lipinski definition) is 6. The number of methoxy groups -OCH3 is 1. The van der Waals surface area contributed by atoms with E-state index in [1.54, 1.807) is 7.11 Å². The quantitative estimate of drug-likeness (QED) is 0.359. The summed E-state index contributed by atoms with van der Waals surface area (Å²) in [6.07, 6.45) is 2.06. The number of aryl methyl sites for hydroxylation is 2. The lowest BCUT2D eigenvalue weighted by Gasteiger charge is -2.46. The van der Waals surface area contributed by atoms with E-state index < -0.39 is 0 Å². The molecule has 3 atom stereocenters. The highest BCUT2D eigenvalue weighted by molar-refractivity contribution is 7.12. The maximum absolute atomic E-state index is 6.02. The Hall–Kier alpha value is -0.760. The summed E-state index contributed by atoms with van der Waals surface area (Å²) in [5, 5.41) is 0. The molecule has 3 unspecified atom stereocenters. The molecule has 0 aliphatic carbocycles. The van der Waals surface area contributed by atoms with Gasteiger partial charge in [-0.1, -0.05) is 13.8 Å². The van der Waals surface area contributed by atoms with Crippen LogP contribution in [0.2, 0.25) is 0 Å². The van der Waals surface area contributed by atoms with Gasteiger partial charge in [-0.2, -0.15) is 0 Å².